The first-order chi connectivity index (χ1) is 10.3. The number of carbonyl (C=O) groups is 1. The van der Waals surface area contributed by atoms with Crippen LogP contribution in [0.15, 0.2) is 42.6 Å². The van der Waals surface area contributed by atoms with Crippen LogP contribution in [0.3, 0.4) is 0 Å². The van der Waals surface area contributed by atoms with Crippen molar-refractivity contribution in [1.29, 1.82) is 0 Å². The van der Waals surface area contributed by atoms with E-state index in [0.29, 0.717) is 12.4 Å². The van der Waals surface area contributed by atoms with Gasteiger partial charge in [-0.1, -0.05) is 44.5 Å². The second-order valence-electron chi connectivity index (χ2n) is 6.36. The van der Waals surface area contributed by atoms with E-state index in [0.717, 1.165) is 11.3 Å². The predicted molar refractivity (Wildman–Crippen MR) is 87.8 cm³/mol. The molecule has 2 aromatic rings. The minimum Gasteiger partial charge on any atom is -0.489 e. The molecule has 0 saturated carbocycles. The quantitative estimate of drug-likeness (QED) is 0.929. The summed E-state index contributed by atoms with van der Waals surface area (Å²) in [5, 5.41) is 2.80. The Balaban J connectivity index is 1.92. The number of carbonyl (C=O) groups excluding carboxylic acids is 1. The maximum atomic E-state index is 11.9. The van der Waals surface area contributed by atoms with Gasteiger partial charge in [0.15, 0.2) is 0 Å². The third-order valence-electron chi connectivity index (χ3n) is 3.17. The Hall–Kier alpha value is -2.36. The fraction of sp³-hybridized carbons (Fsp3) is 0.333. The second-order valence-corrected chi connectivity index (χ2v) is 6.36. The molecular weight excluding hydrogens is 276 g/mol. The van der Waals surface area contributed by atoms with E-state index in [9.17, 15) is 4.79 Å². The van der Waals surface area contributed by atoms with Crippen LogP contribution in [0.4, 0.5) is 5.82 Å². The van der Waals surface area contributed by atoms with Crippen molar-refractivity contribution in [2.75, 3.05) is 5.32 Å². The van der Waals surface area contributed by atoms with Crippen molar-refractivity contribution in [1.82, 2.24) is 4.98 Å². The Morgan fingerprint density at radius 1 is 1.14 bits per heavy atom. The third-order valence-corrected chi connectivity index (χ3v) is 3.17. The summed E-state index contributed by atoms with van der Waals surface area (Å²) in [6.45, 7) is 8.09. The average Bonchev–Trinajstić information content (AvgIpc) is 2.47. The molecule has 1 heterocycles. The standard InChI is InChI=1S/C18H22N2O2/c1-13-5-8-15(9-6-13)22-12-14-7-10-16(19-11-14)20-17(21)18(2,3)4/h5-11H,12H2,1-4H3,(H,19,20,21). The van der Waals surface area contributed by atoms with E-state index < -0.39 is 5.41 Å². The van der Waals surface area contributed by atoms with E-state index in [1.165, 1.54) is 5.56 Å². The summed E-state index contributed by atoms with van der Waals surface area (Å²) in [5.74, 6) is 1.33. The molecule has 1 N–H and O–H groups in total. The topological polar surface area (TPSA) is 51.2 Å². The van der Waals surface area contributed by atoms with Gasteiger partial charge in [0.25, 0.3) is 0 Å². The highest BCUT2D eigenvalue weighted by Gasteiger charge is 2.21. The van der Waals surface area contributed by atoms with Crippen LogP contribution in [-0.4, -0.2) is 10.9 Å². The molecule has 0 radical (unpaired) electrons. The van der Waals surface area contributed by atoms with Crippen LogP contribution in [0, 0.1) is 12.3 Å². The van der Waals surface area contributed by atoms with Crippen molar-refractivity contribution in [2.24, 2.45) is 5.41 Å². The number of ether oxygens (including phenoxy) is 1. The first kappa shape index (κ1) is 16.0. The van der Waals surface area contributed by atoms with Crippen molar-refractivity contribution in [3.05, 3.63) is 53.7 Å². The molecule has 22 heavy (non-hydrogen) atoms. The van der Waals surface area contributed by atoms with Crippen molar-refractivity contribution in [3.63, 3.8) is 0 Å². The van der Waals surface area contributed by atoms with Gasteiger partial charge >= 0.3 is 0 Å². The first-order valence-corrected chi connectivity index (χ1v) is 7.30. The lowest BCUT2D eigenvalue weighted by atomic mass is 9.96. The van der Waals surface area contributed by atoms with E-state index in [-0.39, 0.29) is 5.91 Å². The Labute approximate surface area is 131 Å². The molecule has 116 valence electrons. The van der Waals surface area contributed by atoms with Gasteiger partial charge in [0.05, 0.1) is 0 Å². The van der Waals surface area contributed by atoms with E-state index in [2.05, 4.69) is 10.3 Å². The number of hydrogen-bond donors (Lipinski definition) is 1. The van der Waals surface area contributed by atoms with Gasteiger partial charge in [-0.15, -0.1) is 0 Å². The molecule has 1 aromatic carbocycles. The number of aromatic nitrogens is 1. The molecule has 0 fully saturated rings. The number of benzene rings is 1. The van der Waals surface area contributed by atoms with Gasteiger partial charge in [-0.2, -0.15) is 0 Å². The maximum absolute atomic E-state index is 11.9. The van der Waals surface area contributed by atoms with Crippen molar-refractivity contribution < 1.29 is 9.53 Å². The fourth-order valence-corrected chi connectivity index (χ4v) is 1.69. The lowest BCUT2D eigenvalue weighted by Crippen LogP contribution is -2.28. The van der Waals surface area contributed by atoms with Crippen LogP contribution < -0.4 is 10.1 Å². The Bertz CT molecular complexity index is 626. The predicted octanol–water partition coefficient (Wildman–Crippen LogP) is 3.95. The maximum Gasteiger partial charge on any atom is 0.230 e. The average molecular weight is 298 g/mol. The molecule has 0 unspecified atom stereocenters. The number of aryl methyl sites for hydroxylation is 1. The van der Waals surface area contributed by atoms with Gasteiger partial charge in [0.2, 0.25) is 5.91 Å². The molecule has 0 aliphatic rings. The molecule has 4 nitrogen and oxygen atoms in total. The van der Waals surface area contributed by atoms with Crippen LogP contribution in [0.1, 0.15) is 31.9 Å². The van der Waals surface area contributed by atoms with Gasteiger partial charge in [-0.25, -0.2) is 4.98 Å². The Kier molecular flexibility index (Phi) is 4.81. The van der Waals surface area contributed by atoms with Gasteiger partial charge in [0.1, 0.15) is 18.2 Å². The minimum atomic E-state index is -0.436. The number of nitrogens with one attached hydrogen (secondary N) is 1. The van der Waals surface area contributed by atoms with E-state index >= 15 is 0 Å². The van der Waals surface area contributed by atoms with Crippen molar-refractivity contribution >= 4 is 11.7 Å². The van der Waals surface area contributed by atoms with Gasteiger partial charge in [-0.3, -0.25) is 4.79 Å². The number of hydrogen-bond acceptors (Lipinski definition) is 3. The second kappa shape index (κ2) is 6.60. The van der Waals surface area contributed by atoms with Crippen molar-refractivity contribution in [3.8, 4) is 5.75 Å². The summed E-state index contributed by atoms with van der Waals surface area (Å²) in [6.07, 6.45) is 1.71. The molecule has 2 rings (SSSR count). The zero-order chi connectivity index (χ0) is 16.2. The van der Waals surface area contributed by atoms with Crippen LogP contribution in [-0.2, 0) is 11.4 Å². The Morgan fingerprint density at radius 2 is 1.82 bits per heavy atom. The molecule has 1 aromatic heterocycles. The number of amides is 1. The highest BCUT2D eigenvalue weighted by Crippen LogP contribution is 2.17. The number of nitrogens with zero attached hydrogens (tertiary/aromatic N) is 1. The summed E-state index contributed by atoms with van der Waals surface area (Å²) >= 11 is 0. The van der Waals surface area contributed by atoms with Crippen LogP contribution in [0.2, 0.25) is 0 Å². The number of rotatable bonds is 4. The molecule has 0 aliphatic heterocycles. The summed E-state index contributed by atoms with van der Waals surface area (Å²) in [6, 6.07) is 11.6. The van der Waals surface area contributed by atoms with Crippen LogP contribution in [0.25, 0.3) is 0 Å². The normalized spacial score (nSPS) is 11.1. The monoisotopic (exact) mass is 298 g/mol. The highest BCUT2D eigenvalue weighted by atomic mass is 16.5. The minimum absolute atomic E-state index is 0.0522. The third kappa shape index (κ3) is 4.58. The zero-order valence-electron chi connectivity index (χ0n) is 13.5. The summed E-state index contributed by atoms with van der Waals surface area (Å²) in [7, 11) is 0. The lowest BCUT2D eigenvalue weighted by Gasteiger charge is -2.17. The van der Waals surface area contributed by atoms with Gasteiger partial charge in [0, 0.05) is 17.2 Å². The molecule has 0 aliphatic carbocycles. The smallest absolute Gasteiger partial charge is 0.230 e. The summed E-state index contributed by atoms with van der Waals surface area (Å²) < 4.78 is 5.69. The molecular formula is C18H22N2O2. The van der Waals surface area contributed by atoms with Crippen LogP contribution in [0.5, 0.6) is 5.75 Å². The SMILES string of the molecule is Cc1ccc(OCc2ccc(NC(=O)C(C)(C)C)nc2)cc1. The molecule has 1 amide bonds. The molecule has 0 atom stereocenters. The van der Waals surface area contributed by atoms with E-state index in [4.69, 9.17) is 4.74 Å². The molecule has 0 saturated heterocycles. The number of pyridine rings is 1. The zero-order valence-corrected chi connectivity index (χ0v) is 13.5. The molecule has 0 spiro atoms. The summed E-state index contributed by atoms with van der Waals surface area (Å²) in [5.41, 5.74) is 1.72. The van der Waals surface area contributed by atoms with Crippen LogP contribution >= 0.6 is 0 Å². The first-order valence-electron chi connectivity index (χ1n) is 7.30. The van der Waals surface area contributed by atoms with Gasteiger partial charge in [-0.05, 0) is 25.1 Å². The van der Waals surface area contributed by atoms with E-state index in [1.807, 2.05) is 58.0 Å². The number of anilines is 1. The van der Waals surface area contributed by atoms with Crippen molar-refractivity contribution in [2.45, 2.75) is 34.3 Å². The lowest BCUT2D eigenvalue weighted by molar-refractivity contribution is -0.123. The largest absolute Gasteiger partial charge is 0.489 e. The highest BCUT2D eigenvalue weighted by molar-refractivity contribution is 5.93. The fourth-order valence-electron chi connectivity index (χ4n) is 1.69. The molecule has 0 bridgehead atoms. The Morgan fingerprint density at radius 3 is 2.36 bits per heavy atom. The van der Waals surface area contributed by atoms with E-state index in [1.54, 1.807) is 12.3 Å². The van der Waals surface area contributed by atoms with Gasteiger partial charge < -0.3 is 10.1 Å². The summed E-state index contributed by atoms with van der Waals surface area (Å²) in [4.78, 5) is 16.1. The molecule has 4 heteroatoms.